The molecule has 0 saturated carbocycles. The molecule has 1 saturated heterocycles. The van der Waals surface area contributed by atoms with Crippen molar-refractivity contribution >= 4 is 11.5 Å². The van der Waals surface area contributed by atoms with E-state index in [1.165, 1.54) is 5.69 Å². The highest BCUT2D eigenvalue weighted by atomic mass is 16.3. The molecule has 19 heavy (non-hydrogen) atoms. The number of aliphatic hydroxyl groups is 1. The van der Waals surface area contributed by atoms with E-state index in [-0.39, 0.29) is 12.4 Å². The van der Waals surface area contributed by atoms with Gasteiger partial charge in [-0.15, -0.1) is 0 Å². The Morgan fingerprint density at radius 3 is 2.79 bits per heavy atom. The van der Waals surface area contributed by atoms with Gasteiger partial charge >= 0.3 is 0 Å². The van der Waals surface area contributed by atoms with Gasteiger partial charge in [-0.2, -0.15) is 0 Å². The van der Waals surface area contributed by atoms with Gasteiger partial charge in [0.2, 0.25) is 0 Å². The summed E-state index contributed by atoms with van der Waals surface area (Å²) < 4.78 is 0. The van der Waals surface area contributed by atoms with Crippen molar-refractivity contribution in [2.45, 2.75) is 25.8 Å². The predicted molar refractivity (Wildman–Crippen MR) is 76.8 cm³/mol. The second-order valence-electron chi connectivity index (χ2n) is 5.07. The van der Waals surface area contributed by atoms with E-state index in [9.17, 15) is 4.79 Å². The maximum atomic E-state index is 11.3. The van der Waals surface area contributed by atoms with E-state index in [1.807, 2.05) is 24.3 Å². The molecule has 2 N–H and O–H groups in total. The number of hydrogen-bond acceptors (Lipinski definition) is 4. The summed E-state index contributed by atoms with van der Waals surface area (Å²) in [5.41, 5.74) is 1.93. The van der Waals surface area contributed by atoms with Crippen LogP contribution in [-0.4, -0.2) is 43.2 Å². The van der Waals surface area contributed by atoms with Gasteiger partial charge in [-0.05, 0) is 44.0 Å². The van der Waals surface area contributed by atoms with E-state index in [4.69, 9.17) is 5.11 Å². The topological polar surface area (TPSA) is 52.6 Å². The number of aliphatic hydroxyl groups excluding tert-OH is 1. The van der Waals surface area contributed by atoms with Crippen molar-refractivity contribution in [2.24, 2.45) is 0 Å². The normalized spacial score (nSPS) is 19.5. The molecule has 0 bridgehead atoms. The van der Waals surface area contributed by atoms with Gasteiger partial charge in [0, 0.05) is 36.9 Å². The summed E-state index contributed by atoms with van der Waals surface area (Å²) in [5.74, 6) is 0.104. The Morgan fingerprint density at radius 1 is 1.42 bits per heavy atom. The van der Waals surface area contributed by atoms with E-state index < -0.39 is 0 Å². The second-order valence-corrected chi connectivity index (χ2v) is 5.07. The van der Waals surface area contributed by atoms with Crippen LogP contribution in [0.5, 0.6) is 0 Å². The molecule has 1 aliphatic rings. The molecule has 0 aliphatic carbocycles. The quantitative estimate of drug-likeness (QED) is 0.788. The molecule has 4 nitrogen and oxygen atoms in total. The monoisotopic (exact) mass is 262 g/mol. The molecule has 104 valence electrons. The summed E-state index contributed by atoms with van der Waals surface area (Å²) in [4.78, 5) is 13.6. The Bertz CT molecular complexity index is 417. The van der Waals surface area contributed by atoms with Gasteiger partial charge in [0.25, 0.3) is 0 Å². The fourth-order valence-electron chi connectivity index (χ4n) is 2.55. The third-order valence-corrected chi connectivity index (χ3v) is 3.61. The van der Waals surface area contributed by atoms with E-state index in [0.717, 1.165) is 31.5 Å². The minimum absolute atomic E-state index is 0.104. The van der Waals surface area contributed by atoms with Crippen LogP contribution in [0.1, 0.15) is 30.1 Å². The van der Waals surface area contributed by atoms with E-state index in [1.54, 1.807) is 6.92 Å². The number of nitrogens with one attached hydrogen (secondary N) is 1. The first-order chi connectivity index (χ1) is 9.20. The summed E-state index contributed by atoms with van der Waals surface area (Å²) in [6, 6.07) is 8.26. The highest BCUT2D eigenvalue weighted by Gasteiger charge is 2.19. The fourth-order valence-corrected chi connectivity index (χ4v) is 2.55. The molecule has 1 aromatic rings. The van der Waals surface area contributed by atoms with Crippen LogP contribution in [0.25, 0.3) is 0 Å². The van der Waals surface area contributed by atoms with Gasteiger partial charge in [-0.3, -0.25) is 4.79 Å². The molecule has 0 aromatic heterocycles. The van der Waals surface area contributed by atoms with Crippen molar-refractivity contribution in [3.8, 4) is 0 Å². The van der Waals surface area contributed by atoms with Crippen LogP contribution in [-0.2, 0) is 0 Å². The summed E-state index contributed by atoms with van der Waals surface area (Å²) in [7, 11) is 0. The van der Waals surface area contributed by atoms with E-state index in [0.29, 0.717) is 12.6 Å². The Kier molecular flexibility index (Phi) is 4.93. The summed E-state index contributed by atoms with van der Waals surface area (Å²) in [6.45, 7) is 4.44. The fraction of sp³-hybridized carbons (Fsp3) is 0.533. The van der Waals surface area contributed by atoms with Crippen LogP contribution >= 0.6 is 0 Å². The molecule has 0 radical (unpaired) electrons. The number of rotatable bonds is 5. The first-order valence-electron chi connectivity index (χ1n) is 6.91. The van der Waals surface area contributed by atoms with Crippen LogP contribution in [0.3, 0.4) is 0 Å². The highest BCUT2D eigenvalue weighted by Crippen LogP contribution is 2.20. The van der Waals surface area contributed by atoms with Gasteiger partial charge in [-0.1, -0.05) is 0 Å². The standard InChI is InChI=1S/C15H22N2O2/c1-12(19)13-4-6-15(7-5-13)17-9-2-3-14(11-17)16-8-10-18/h4-7,14,16,18H,2-3,8-11H2,1H3. The molecule has 2 rings (SSSR count). The van der Waals surface area contributed by atoms with Gasteiger partial charge in [0.1, 0.15) is 0 Å². The first kappa shape index (κ1) is 14.0. The number of piperidine rings is 1. The Morgan fingerprint density at radius 2 is 2.16 bits per heavy atom. The van der Waals surface area contributed by atoms with Crippen LogP contribution < -0.4 is 10.2 Å². The Labute approximate surface area is 114 Å². The summed E-state index contributed by atoms with van der Waals surface area (Å²) >= 11 is 0. The molecule has 1 heterocycles. The molecule has 1 aromatic carbocycles. The van der Waals surface area contributed by atoms with Crippen molar-refractivity contribution in [2.75, 3.05) is 31.1 Å². The van der Waals surface area contributed by atoms with Crippen LogP contribution in [0.4, 0.5) is 5.69 Å². The lowest BCUT2D eigenvalue weighted by Crippen LogP contribution is -2.46. The molecule has 1 unspecified atom stereocenters. The molecule has 1 aliphatic heterocycles. The molecular formula is C15H22N2O2. The number of Topliss-reactive ketones (excluding diaryl/α,β-unsaturated/α-hetero) is 1. The van der Waals surface area contributed by atoms with Gasteiger partial charge in [-0.25, -0.2) is 0 Å². The average molecular weight is 262 g/mol. The number of hydrogen-bond donors (Lipinski definition) is 2. The minimum atomic E-state index is 0.104. The van der Waals surface area contributed by atoms with Gasteiger partial charge in [0.05, 0.1) is 6.61 Å². The maximum Gasteiger partial charge on any atom is 0.159 e. The zero-order chi connectivity index (χ0) is 13.7. The van der Waals surface area contributed by atoms with Crippen LogP contribution in [0.15, 0.2) is 24.3 Å². The first-order valence-corrected chi connectivity index (χ1v) is 6.91. The lowest BCUT2D eigenvalue weighted by Gasteiger charge is -2.35. The third kappa shape index (κ3) is 3.78. The number of anilines is 1. The molecule has 0 amide bonds. The SMILES string of the molecule is CC(=O)c1ccc(N2CCCC(NCCO)C2)cc1. The Hall–Kier alpha value is -1.39. The van der Waals surface area contributed by atoms with Gasteiger partial charge < -0.3 is 15.3 Å². The third-order valence-electron chi connectivity index (χ3n) is 3.61. The molecular weight excluding hydrogens is 240 g/mol. The number of carbonyl (C=O) groups excluding carboxylic acids is 1. The lowest BCUT2D eigenvalue weighted by molar-refractivity contribution is 0.101. The van der Waals surface area contributed by atoms with Crippen LogP contribution in [0.2, 0.25) is 0 Å². The Balaban J connectivity index is 1.98. The van der Waals surface area contributed by atoms with Gasteiger partial charge in [0.15, 0.2) is 5.78 Å². The number of nitrogens with zero attached hydrogens (tertiary/aromatic N) is 1. The van der Waals surface area contributed by atoms with E-state index in [2.05, 4.69) is 10.2 Å². The van der Waals surface area contributed by atoms with E-state index >= 15 is 0 Å². The van der Waals surface area contributed by atoms with Crippen molar-refractivity contribution in [1.82, 2.24) is 5.32 Å². The number of benzene rings is 1. The summed E-state index contributed by atoms with van der Waals surface area (Å²) in [5, 5.41) is 12.2. The zero-order valence-corrected chi connectivity index (χ0v) is 11.4. The zero-order valence-electron chi connectivity index (χ0n) is 11.4. The molecule has 0 spiro atoms. The predicted octanol–water partition coefficient (Wildman–Crippen LogP) is 1.44. The second kappa shape index (κ2) is 6.68. The number of ketones is 1. The maximum absolute atomic E-state index is 11.3. The molecule has 4 heteroatoms. The van der Waals surface area contributed by atoms with Crippen molar-refractivity contribution < 1.29 is 9.90 Å². The van der Waals surface area contributed by atoms with Crippen molar-refractivity contribution in [3.63, 3.8) is 0 Å². The highest BCUT2D eigenvalue weighted by molar-refractivity contribution is 5.94. The lowest BCUT2D eigenvalue weighted by atomic mass is 10.0. The minimum Gasteiger partial charge on any atom is -0.395 e. The van der Waals surface area contributed by atoms with Crippen molar-refractivity contribution in [3.05, 3.63) is 29.8 Å². The summed E-state index contributed by atoms with van der Waals surface area (Å²) in [6.07, 6.45) is 2.31. The van der Waals surface area contributed by atoms with Crippen LogP contribution in [0, 0.1) is 0 Å². The molecule has 1 fully saturated rings. The van der Waals surface area contributed by atoms with Crippen molar-refractivity contribution in [1.29, 1.82) is 0 Å². The molecule has 1 atom stereocenters. The average Bonchev–Trinajstić information content (AvgIpc) is 2.45. The largest absolute Gasteiger partial charge is 0.395 e. The smallest absolute Gasteiger partial charge is 0.159 e. The number of carbonyl (C=O) groups is 1.